The van der Waals surface area contributed by atoms with Gasteiger partial charge in [0.15, 0.2) is 0 Å². The van der Waals surface area contributed by atoms with Crippen molar-refractivity contribution in [3.63, 3.8) is 0 Å². The van der Waals surface area contributed by atoms with E-state index in [1.807, 2.05) is 20.8 Å². The Morgan fingerprint density at radius 2 is 1.73 bits per heavy atom. The van der Waals surface area contributed by atoms with Crippen molar-refractivity contribution in [2.75, 3.05) is 19.3 Å². The van der Waals surface area contributed by atoms with E-state index in [9.17, 15) is 22.4 Å². The molecule has 0 spiro atoms. The molecule has 0 atom stereocenters. The average molecular weight is 532 g/mol. The minimum atomic E-state index is -3.71. The number of piperidine rings is 1. The molecule has 4 rings (SSSR count). The molecule has 1 aliphatic rings. The Morgan fingerprint density at radius 1 is 1.11 bits per heavy atom. The van der Waals surface area contributed by atoms with E-state index < -0.39 is 27.3 Å². The van der Waals surface area contributed by atoms with Crippen molar-refractivity contribution in [3.05, 3.63) is 52.7 Å². The van der Waals surface area contributed by atoms with Crippen LogP contribution in [0.25, 0.3) is 22.5 Å². The Balaban J connectivity index is 1.81. The highest BCUT2D eigenvalue weighted by Gasteiger charge is 2.32. The number of carbonyl (C=O) groups is 1. The zero-order valence-corrected chi connectivity index (χ0v) is 22.2. The predicted molar refractivity (Wildman–Crippen MR) is 135 cm³/mol. The molecule has 1 fully saturated rings. The van der Waals surface area contributed by atoms with Gasteiger partial charge in [-0.05, 0) is 57.4 Å². The van der Waals surface area contributed by atoms with Crippen molar-refractivity contribution >= 4 is 15.9 Å². The summed E-state index contributed by atoms with van der Waals surface area (Å²) in [5, 5.41) is -0.363. The maximum atomic E-state index is 13.7. The summed E-state index contributed by atoms with van der Waals surface area (Å²) in [4.78, 5) is 35.9. The maximum absolute atomic E-state index is 13.7. The van der Waals surface area contributed by atoms with Crippen LogP contribution in [0.3, 0.4) is 0 Å². The molecular weight excluding hydrogens is 501 g/mol. The number of benzene rings is 1. The second-order valence-electron chi connectivity index (χ2n) is 10.1. The number of ether oxygens (including phenoxy) is 1. The molecule has 10 nitrogen and oxygen atoms in total. The molecule has 198 valence electrons. The van der Waals surface area contributed by atoms with Crippen LogP contribution in [0, 0.1) is 5.82 Å². The monoisotopic (exact) mass is 531 g/mol. The highest BCUT2D eigenvalue weighted by molar-refractivity contribution is 7.90. The number of hydrogen-bond donors (Lipinski definition) is 0. The zero-order chi connectivity index (χ0) is 27.1. The van der Waals surface area contributed by atoms with E-state index in [1.165, 1.54) is 35.1 Å². The Morgan fingerprint density at radius 3 is 2.30 bits per heavy atom. The number of likely N-dealkylation sites (tertiary alicyclic amines) is 1. The third kappa shape index (κ3) is 5.58. The molecule has 37 heavy (non-hydrogen) atoms. The summed E-state index contributed by atoms with van der Waals surface area (Å²) in [6.45, 7) is 6.25. The van der Waals surface area contributed by atoms with Gasteiger partial charge in [0.05, 0.1) is 23.0 Å². The molecule has 12 heteroatoms. The quantitative estimate of drug-likeness (QED) is 0.474. The second kappa shape index (κ2) is 9.73. The van der Waals surface area contributed by atoms with Gasteiger partial charge in [0.1, 0.15) is 11.4 Å². The molecule has 1 amide bonds. The minimum absolute atomic E-state index is 0.197. The van der Waals surface area contributed by atoms with Gasteiger partial charge >= 0.3 is 6.09 Å². The van der Waals surface area contributed by atoms with Gasteiger partial charge in [0, 0.05) is 32.6 Å². The normalized spacial score (nSPS) is 15.1. The third-order valence-corrected chi connectivity index (χ3v) is 6.96. The van der Waals surface area contributed by atoms with Gasteiger partial charge in [-0.3, -0.25) is 14.2 Å². The number of carbonyl (C=O) groups excluding carboxylic acids is 1. The van der Waals surface area contributed by atoms with E-state index in [2.05, 4.69) is 9.97 Å². The first-order valence-electron chi connectivity index (χ1n) is 11.8. The molecule has 0 unspecified atom stereocenters. The molecule has 0 radical (unpaired) electrons. The molecule has 1 aliphatic heterocycles. The molecule has 2 aromatic heterocycles. The van der Waals surface area contributed by atoms with E-state index in [-0.39, 0.29) is 28.0 Å². The fraction of sp³-hybridized carbons (Fsp3) is 0.440. The molecule has 3 heterocycles. The Labute approximate surface area is 214 Å². The van der Waals surface area contributed by atoms with Crippen LogP contribution in [0.1, 0.15) is 39.7 Å². The van der Waals surface area contributed by atoms with E-state index in [1.54, 1.807) is 22.7 Å². The van der Waals surface area contributed by atoms with Gasteiger partial charge in [-0.2, -0.15) is 0 Å². The summed E-state index contributed by atoms with van der Waals surface area (Å²) in [7, 11) is -2.09. The van der Waals surface area contributed by atoms with E-state index in [0.29, 0.717) is 37.2 Å². The van der Waals surface area contributed by atoms with Gasteiger partial charge in [0.2, 0.25) is 15.0 Å². The number of hydrogen-bond acceptors (Lipinski definition) is 7. The number of aromatic nitrogens is 4. The first kappa shape index (κ1) is 26.5. The van der Waals surface area contributed by atoms with E-state index >= 15 is 0 Å². The molecule has 1 saturated heterocycles. The fourth-order valence-corrected chi connectivity index (χ4v) is 4.96. The second-order valence-corrected chi connectivity index (χ2v) is 12.0. The fourth-order valence-electron chi connectivity index (χ4n) is 4.45. The number of amides is 1. The number of rotatable bonds is 4. The largest absolute Gasteiger partial charge is 0.444 e. The summed E-state index contributed by atoms with van der Waals surface area (Å²) in [6.07, 6.45) is 3.01. The van der Waals surface area contributed by atoms with Crippen molar-refractivity contribution in [1.29, 1.82) is 0 Å². The van der Waals surface area contributed by atoms with Crippen LogP contribution in [0.15, 0.2) is 46.5 Å². The summed E-state index contributed by atoms with van der Waals surface area (Å²) >= 11 is 0. The number of nitrogens with zero attached hydrogens (tertiary/aromatic N) is 5. The summed E-state index contributed by atoms with van der Waals surface area (Å²) in [6, 6.07) is 6.88. The average Bonchev–Trinajstić information content (AvgIpc) is 3.09. The number of sulfone groups is 1. The van der Waals surface area contributed by atoms with Gasteiger partial charge in [-0.25, -0.2) is 27.6 Å². The lowest BCUT2D eigenvalue weighted by Gasteiger charge is -2.35. The lowest BCUT2D eigenvalue weighted by Crippen LogP contribution is -2.42. The highest BCUT2D eigenvalue weighted by Crippen LogP contribution is 2.35. The third-order valence-electron chi connectivity index (χ3n) is 6.10. The van der Waals surface area contributed by atoms with Crippen molar-refractivity contribution in [2.45, 2.75) is 50.4 Å². The van der Waals surface area contributed by atoms with Crippen LogP contribution >= 0.6 is 0 Å². The summed E-state index contributed by atoms with van der Waals surface area (Å²) < 4.78 is 46.8. The van der Waals surface area contributed by atoms with E-state index in [4.69, 9.17) is 4.74 Å². The van der Waals surface area contributed by atoms with Crippen LogP contribution in [0.2, 0.25) is 0 Å². The molecule has 1 aromatic carbocycles. The zero-order valence-electron chi connectivity index (χ0n) is 21.4. The van der Waals surface area contributed by atoms with E-state index in [0.717, 1.165) is 6.26 Å². The predicted octanol–water partition coefficient (Wildman–Crippen LogP) is 3.43. The molecule has 0 N–H and O–H groups in total. The lowest BCUT2D eigenvalue weighted by atomic mass is 10.0. The van der Waals surface area contributed by atoms with Crippen LogP contribution in [0.5, 0.6) is 0 Å². The smallest absolute Gasteiger partial charge is 0.410 e. The first-order chi connectivity index (χ1) is 17.3. The maximum Gasteiger partial charge on any atom is 0.410 e. The van der Waals surface area contributed by atoms with Gasteiger partial charge in [-0.15, -0.1) is 0 Å². The summed E-state index contributed by atoms with van der Waals surface area (Å²) in [5.74, 6) is -0.447. The number of halogens is 1. The van der Waals surface area contributed by atoms with Crippen molar-refractivity contribution < 1.29 is 22.3 Å². The van der Waals surface area contributed by atoms with Crippen molar-refractivity contribution in [3.8, 4) is 22.5 Å². The SMILES string of the molecule is Cn1c(=O)c(-c2ccc(F)cc2)c(-c2ccnc(S(C)(=O)=O)n2)n1C1CCN(C(=O)OC(C)(C)C)CC1. The van der Waals surface area contributed by atoms with Crippen LogP contribution in [-0.4, -0.2) is 63.7 Å². The lowest BCUT2D eigenvalue weighted by molar-refractivity contribution is 0.0182. The van der Waals surface area contributed by atoms with Gasteiger partial charge in [-0.1, -0.05) is 12.1 Å². The van der Waals surface area contributed by atoms with Crippen LogP contribution in [0.4, 0.5) is 9.18 Å². The Bertz CT molecular complexity index is 1480. The molecular formula is C25H30FN5O5S. The summed E-state index contributed by atoms with van der Waals surface area (Å²) in [5.41, 5.74) is 0.455. The molecule has 0 saturated carbocycles. The van der Waals surface area contributed by atoms with Gasteiger partial charge < -0.3 is 9.64 Å². The topological polar surface area (TPSA) is 116 Å². The van der Waals surface area contributed by atoms with Crippen LogP contribution in [-0.2, 0) is 21.6 Å². The van der Waals surface area contributed by atoms with Crippen LogP contribution < -0.4 is 5.56 Å². The standard InChI is InChI=1S/C25H30FN5O5S/c1-25(2,3)36-24(33)30-14-11-18(12-15-30)31-21(19-10-13-27-23(28-19)37(5,34)35)20(22(32)29(31)4)16-6-8-17(26)9-7-16/h6-10,13,18H,11-12,14-15H2,1-5H3. The minimum Gasteiger partial charge on any atom is -0.444 e. The van der Waals surface area contributed by atoms with Crippen molar-refractivity contribution in [1.82, 2.24) is 24.2 Å². The molecule has 0 bridgehead atoms. The Hall–Kier alpha value is -3.54. The first-order valence-corrected chi connectivity index (χ1v) is 13.7. The molecule has 3 aromatic rings. The van der Waals surface area contributed by atoms with Crippen molar-refractivity contribution in [2.24, 2.45) is 7.05 Å². The Kier molecular flexibility index (Phi) is 6.97. The molecule has 0 aliphatic carbocycles. The highest BCUT2D eigenvalue weighted by atomic mass is 32.2. The van der Waals surface area contributed by atoms with Gasteiger partial charge in [0.25, 0.3) is 5.56 Å².